The molecular formula is C14H13BrFN3O2. The zero-order valence-corrected chi connectivity index (χ0v) is 12.9. The molecule has 110 valence electrons. The van der Waals surface area contributed by atoms with Crippen molar-refractivity contribution in [3.8, 4) is 0 Å². The summed E-state index contributed by atoms with van der Waals surface area (Å²) in [6.45, 7) is 5.58. The number of hydrogen-bond donors (Lipinski definition) is 0. The maximum absolute atomic E-state index is 13.3. The van der Waals surface area contributed by atoms with Crippen molar-refractivity contribution in [2.45, 2.75) is 13.5 Å². The number of benzene rings is 1. The van der Waals surface area contributed by atoms with E-state index in [0.29, 0.717) is 17.8 Å². The van der Waals surface area contributed by atoms with Gasteiger partial charge in [0.2, 0.25) is 0 Å². The van der Waals surface area contributed by atoms with Crippen molar-refractivity contribution >= 4 is 21.9 Å². The smallest absolute Gasteiger partial charge is 0.361 e. The van der Waals surface area contributed by atoms with Crippen LogP contribution in [0, 0.1) is 12.7 Å². The summed E-state index contributed by atoms with van der Waals surface area (Å²) >= 11 is 3.35. The third-order valence-corrected chi connectivity index (χ3v) is 3.61. The zero-order valence-electron chi connectivity index (χ0n) is 11.3. The van der Waals surface area contributed by atoms with Crippen LogP contribution < -0.4 is 0 Å². The molecule has 0 atom stereocenters. The molecule has 7 heteroatoms. The average Bonchev–Trinajstić information content (AvgIpc) is 2.82. The summed E-state index contributed by atoms with van der Waals surface area (Å²) in [5.74, 6) is -0.895. The molecule has 0 aliphatic carbocycles. The Labute approximate surface area is 129 Å². The number of carbonyl (C=O) groups excluding carboxylic acids is 1. The highest BCUT2D eigenvalue weighted by molar-refractivity contribution is 9.10. The molecule has 0 bridgehead atoms. The van der Waals surface area contributed by atoms with E-state index in [0.717, 1.165) is 4.47 Å². The van der Waals surface area contributed by atoms with Crippen LogP contribution in [0.3, 0.4) is 0 Å². The molecular weight excluding hydrogens is 341 g/mol. The Morgan fingerprint density at radius 3 is 3.05 bits per heavy atom. The zero-order chi connectivity index (χ0) is 15.4. The number of carbonyl (C=O) groups is 1. The molecule has 0 fully saturated rings. The molecule has 0 N–H and O–H groups in total. The van der Waals surface area contributed by atoms with Gasteiger partial charge < -0.3 is 4.74 Å². The molecule has 1 aromatic carbocycles. The van der Waals surface area contributed by atoms with Gasteiger partial charge in [-0.25, -0.2) is 13.9 Å². The second-order valence-corrected chi connectivity index (χ2v) is 5.16. The van der Waals surface area contributed by atoms with Gasteiger partial charge in [-0.15, -0.1) is 5.10 Å². The average molecular weight is 354 g/mol. The molecule has 2 aromatic rings. The second kappa shape index (κ2) is 6.62. The summed E-state index contributed by atoms with van der Waals surface area (Å²) < 4.78 is 20.5. The predicted octanol–water partition coefficient (Wildman–Crippen LogP) is 2.88. The number of hydrogen-bond acceptors (Lipinski definition) is 4. The molecule has 1 aromatic heterocycles. The molecule has 5 nitrogen and oxygen atoms in total. The molecule has 1 heterocycles. The Balaban J connectivity index is 2.22. The van der Waals surface area contributed by atoms with Crippen LogP contribution in [0.5, 0.6) is 0 Å². The van der Waals surface area contributed by atoms with E-state index >= 15 is 0 Å². The van der Waals surface area contributed by atoms with Gasteiger partial charge in [-0.1, -0.05) is 33.8 Å². The molecule has 0 radical (unpaired) electrons. The molecule has 0 saturated carbocycles. The molecule has 0 aliphatic heterocycles. The van der Waals surface area contributed by atoms with Gasteiger partial charge >= 0.3 is 5.97 Å². The van der Waals surface area contributed by atoms with Gasteiger partial charge in [-0.2, -0.15) is 0 Å². The van der Waals surface area contributed by atoms with E-state index in [9.17, 15) is 9.18 Å². The van der Waals surface area contributed by atoms with E-state index < -0.39 is 5.97 Å². The van der Waals surface area contributed by atoms with E-state index in [2.05, 4.69) is 32.8 Å². The van der Waals surface area contributed by atoms with E-state index in [1.54, 1.807) is 13.0 Å². The number of esters is 1. The van der Waals surface area contributed by atoms with E-state index in [1.165, 1.54) is 22.9 Å². The monoisotopic (exact) mass is 353 g/mol. The van der Waals surface area contributed by atoms with Gasteiger partial charge in [0, 0.05) is 4.47 Å². The first-order valence-corrected chi connectivity index (χ1v) is 6.94. The quantitative estimate of drug-likeness (QED) is 0.612. The Morgan fingerprint density at radius 2 is 2.33 bits per heavy atom. The lowest BCUT2D eigenvalue weighted by Gasteiger charge is -2.06. The van der Waals surface area contributed by atoms with Gasteiger partial charge in [0.15, 0.2) is 5.69 Å². The van der Waals surface area contributed by atoms with Crippen LogP contribution in [0.1, 0.15) is 21.7 Å². The maximum Gasteiger partial charge on any atom is 0.361 e. The highest BCUT2D eigenvalue weighted by Crippen LogP contribution is 2.19. The third kappa shape index (κ3) is 3.55. The van der Waals surface area contributed by atoms with Gasteiger partial charge in [0.25, 0.3) is 0 Å². The highest BCUT2D eigenvalue weighted by Gasteiger charge is 2.18. The third-order valence-electron chi connectivity index (χ3n) is 2.84. The Kier molecular flexibility index (Phi) is 4.85. The molecule has 21 heavy (non-hydrogen) atoms. The van der Waals surface area contributed by atoms with Crippen LogP contribution in [0.4, 0.5) is 4.39 Å². The Morgan fingerprint density at radius 1 is 1.57 bits per heavy atom. The fourth-order valence-corrected chi connectivity index (χ4v) is 2.10. The fourth-order valence-electron chi connectivity index (χ4n) is 1.73. The van der Waals surface area contributed by atoms with Crippen molar-refractivity contribution < 1.29 is 13.9 Å². The lowest BCUT2D eigenvalue weighted by Crippen LogP contribution is -2.09. The lowest BCUT2D eigenvalue weighted by atomic mass is 10.2. The van der Waals surface area contributed by atoms with Gasteiger partial charge in [0.05, 0.1) is 12.2 Å². The summed E-state index contributed by atoms with van der Waals surface area (Å²) in [5.41, 5.74) is 1.40. The van der Waals surface area contributed by atoms with Gasteiger partial charge in [0.1, 0.15) is 12.4 Å². The molecule has 0 spiro atoms. The van der Waals surface area contributed by atoms with Crippen molar-refractivity contribution in [3.63, 3.8) is 0 Å². The Bertz CT molecular complexity index is 685. The SMILES string of the molecule is C=CCOC(=O)c1nnn(Cc2cc(F)ccc2Br)c1C. The number of halogens is 2. The van der Waals surface area contributed by atoms with Crippen molar-refractivity contribution in [2.75, 3.05) is 6.61 Å². The minimum absolute atomic E-state index is 0.112. The van der Waals surface area contributed by atoms with Crippen LogP contribution in [-0.4, -0.2) is 27.6 Å². The predicted molar refractivity (Wildman–Crippen MR) is 78.4 cm³/mol. The van der Waals surface area contributed by atoms with Crippen molar-refractivity contribution in [1.82, 2.24) is 15.0 Å². The second-order valence-electron chi connectivity index (χ2n) is 4.30. The fraction of sp³-hybridized carbons (Fsp3) is 0.214. The molecule has 2 rings (SSSR count). The Hall–Kier alpha value is -2.02. The standard InChI is InChI=1S/C14H13BrFN3O2/c1-3-6-21-14(20)13-9(2)19(18-17-13)8-10-7-11(16)4-5-12(10)15/h3-5,7H,1,6,8H2,2H3. The van der Waals surface area contributed by atoms with Gasteiger partial charge in [-0.3, -0.25) is 0 Å². The largest absolute Gasteiger partial charge is 0.457 e. The molecule has 0 amide bonds. The van der Waals surface area contributed by atoms with E-state index in [-0.39, 0.29) is 18.1 Å². The first-order chi connectivity index (χ1) is 10.0. The van der Waals surface area contributed by atoms with Crippen LogP contribution >= 0.6 is 15.9 Å². The van der Waals surface area contributed by atoms with Crippen molar-refractivity contribution in [3.05, 3.63) is 58.1 Å². The minimum atomic E-state index is -0.558. The topological polar surface area (TPSA) is 57.0 Å². The van der Waals surface area contributed by atoms with Crippen LogP contribution in [0.25, 0.3) is 0 Å². The number of aromatic nitrogens is 3. The van der Waals surface area contributed by atoms with Crippen molar-refractivity contribution in [2.24, 2.45) is 0 Å². The number of rotatable bonds is 5. The van der Waals surface area contributed by atoms with Crippen LogP contribution in [-0.2, 0) is 11.3 Å². The number of nitrogens with zero attached hydrogens (tertiary/aromatic N) is 3. The maximum atomic E-state index is 13.3. The van der Waals surface area contributed by atoms with Crippen molar-refractivity contribution in [1.29, 1.82) is 0 Å². The first kappa shape index (κ1) is 15.4. The van der Waals surface area contributed by atoms with Gasteiger partial charge in [-0.05, 0) is 30.7 Å². The summed E-state index contributed by atoms with van der Waals surface area (Å²) in [7, 11) is 0. The summed E-state index contributed by atoms with van der Waals surface area (Å²) in [4.78, 5) is 11.8. The normalized spacial score (nSPS) is 10.4. The molecule has 0 saturated heterocycles. The lowest BCUT2D eigenvalue weighted by molar-refractivity contribution is 0.0542. The molecule has 0 unspecified atom stereocenters. The summed E-state index contributed by atoms with van der Waals surface area (Å²) in [6.07, 6.45) is 1.47. The molecule has 0 aliphatic rings. The van der Waals surface area contributed by atoms with E-state index in [1.807, 2.05) is 0 Å². The summed E-state index contributed by atoms with van der Waals surface area (Å²) in [6, 6.07) is 4.39. The van der Waals surface area contributed by atoms with Crippen LogP contribution in [0.2, 0.25) is 0 Å². The summed E-state index contributed by atoms with van der Waals surface area (Å²) in [5, 5.41) is 7.72. The highest BCUT2D eigenvalue weighted by atomic mass is 79.9. The number of ether oxygens (including phenoxy) is 1. The van der Waals surface area contributed by atoms with E-state index in [4.69, 9.17) is 4.74 Å². The minimum Gasteiger partial charge on any atom is -0.457 e. The first-order valence-electron chi connectivity index (χ1n) is 6.15. The van der Waals surface area contributed by atoms with Crippen LogP contribution in [0.15, 0.2) is 35.3 Å².